The average molecular weight is 277 g/mol. The highest BCUT2D eigenvalue weighted by atomic mass is 35.5. The van der Waals surface area contributed by atoms with Crippen LogP contribution in [0.1, 0.15) is 0 Å². The van der Waals surface area contributed by atoms with E-state index in [1.807, 2.05) is 30.3 Å². The molecule has 0 saturated heterocycles. The zero-order valence-corrected chi connectivity index (χ0v) is 10.5. The molecule has 0 atom stereocenters. The van der Waals surface area contributed by atoms with Crippen LogP contribution in [0.5, 0.6) is 0 Å². The first kappa shape index (κ1) is 11.3. The SMILES string of the molecule is Clc1nc(Cl)nc(-c2cccc3ncccc23)n1. The Balaban J connectivity index is 2.31. The molecule has 0 radical (unpaired) electrons. The molecule has 3 rings (SSSR count). The van der Waals surface area contributed by atoms with Crippen molar-refractivity contribution in [3.8, 4) is 11.4 Å². The topological polar surface area (TPSA) is 51.6 Å². The van der Waals surface area contributed by atoms with Gasteiger partial charge in [-0.2, -0.15) is 15.0 Å². The Hall–Kier alpha value is -1.78. The predicted octanol–water partition coefficient (Wildman–Crippen LogP) is 3.39. The molecule has 2 aromatic heterocycles. The van der Waals surface area contributed by atoms with Gasteiger partial charge in [0.1, 0.15) is 0 Å². The van der Waals surface area contributed by atoms with Crippen LogP contribution in [0.25, 0.3) is 22.3 Å². The minimum absolute atomic E-state index is 0.0749. The molecule has 88 valence electrons. The highest BCUT2D eigenvalue weighted by Crippen LogP contribution is 2.25. The molecule has 0 saturated carbocycles. The average Bonchev–Trinajstić information content (AvgIpc) is 2.37. The van der Waals surface area contributed by atoms with E-state index in [1.165, 1.54) is 0 Å². The second-order valence-corrected chi connectivity index (χ2v) is 4.25. The summed E-state index contributed by atoms with van der Waals surface area (Å²) in [6.45, 7) is 0. The van der Waals surface area contributed by atoms with Gasteiger partial charge >= 0.3 is 0 Å². The Labute approximate surface area is 113 Å². The zero-order chi connectivity index (χ0) is 12.5. The molecule has 0 bridgehead atoms. The van der Waals surface area contributed by atoms with Gasteiger partial charge < -0.3 is 0 Å². The number of aromatic nitrogens is 4. The molecule has 0 aliphatic heterocycles. The van der Waals surface area contributed by atoms with E-state index >= 15 is 0 Å². The van der Waals surface area contributed by atoms with Gasteiger partial charge in [0.05, 0.1) is 5.52 Å². The maximum atomic E-state index is 5.79. The van der Waals surface area contributed by atoms with Crippen LogP contribution in [0.4, 0.5) is 0 Å². The summed E-state index contributed by atoms with van der Waals surface area (Å²) in [7, 11) is 0. The van der Waals surface area contributed by atoms with Crippen LogP contribution >= 0.6 is 23.2 Å². The monoisotopic (exact) mass is 276 g/mol. The van der Waals surface area contributed by atoms with Crippen molar-refractivity contribution in [1.82, 2.24) is 19.9 Å². The van der Waals surface area contributed by atoms with Crippen LogP contribution in [0.15, 0.2) is 36.5 Å². The van der Waals surface area contributed by atoms with E-state index in [2.05, 4.69) is 19.9 Å². The van der Waals surface area contributed by atoms with E-state index in [4.69, 9.17) is 23.2 Å². The second kappa shape index (κ2) is 4.48. The molecule has 0 aliphatic carbocycles. The molecule has 0 amide bonds. The number of fused-ring (bicyclic) bond motifs is 1. The Morgan fingerprint density at radius 3 is 2.39 bits per heavy atom. The summed E-state index contributed by atoms with van der Waals surface area (Å²) >= 11 is 11.6. The first-order valence-electron chi connectivity index (χ1n) is 5.15. The van der Waals surface area contributed by atoms with E-state index in [0.717, 1.165) is 16.5 Å². The molecule has 0 aliphatic rings. The standard InChI is InChI=1S/C12H6Cl2N4/c13-11-16-10(17-12(14)18-11)8-3-1-5-9-7(8)4-2-6-15-9/h1-6H. The highest BCUT2D eigenvalue weighted by molar-refractivity contribution is 6.31. The molecule has 6 heteroatoms. The van der Waals surface area contributed by atoms with Gasteiger partial charge in [0.15, 0.2) is 5.82 Å². The van der Waals surface area contributed by atoms with Crippen molar-refractivity contribution in [3.05, 3.63) is 47.1 Å². The Morgan fingerprint density at radius 1 is 0.833 bits per heavy atom. The Kier molecular flexibility index (Phi) is 2.81. The molecule has 3 aromatic rings. The lowest BCUT2D eigenvalue weighted by Gasteiger charge is -2.04. The molecule has 1 aromatic carbocycles. The van der Waals surface area contributed by atoms with Crippen molar-refractivity contribution in [2.45, 2.75) is 0 Å². The third-order valence-electron chi connectivity index (χ3n) is 2.47. The van der Waals surface area contributed by atoms with Crippen molar-refractivity contribution in [3.63, 3.8) is 0 Å². The molecule has 2 heterocycles. The van der Waals surface area contributed by atoms with Crippen molar-refractivity contribution in [1.29, 1.82) is 0 Å². The minimum atomic E-state index is 0.0749. The summed E-state index contributed by atoms with van der Waals surface area (Å²) in [4.78, 5) is 16.2. The van der Waals surface area contributed by atoms with Crippen LogP contribution in [-0.2, 0) is 0 Å². The maximum Gasteiger partial charge on any atom is 0.227 e. The molecule has 0 spiro atoms. The zero-order valence-electron chi connectivity index (χ0n) is 9.01. The van der Waals surface area contributed by atoms with Crippen molar-refractivity contribution >= 4 is 34.1 Å². The van der Waals surface area contributed by atoms with Gasteiger partial charge in [0.2, 0.25) is 10.6 Å². The largest absolute Gasteiger partial charge is 0.256 e. The third kappa shape index (κ3) is 2.00. The van der Waals surface area contributed by atoms with E-state index < -0.39 is 0 Å². The van der Waals surface area contributed by atoms with Gasteiger partial charge in [-0.15, -0.1) is 0 Å². The van der Waals surface area contributed by atoms with Gasteiger partial charge in [0, 0.05) is 17.1 Å². The van der Waals surface area contributed by atoms with Gasteiger partial charge in [-0.1, -0.05) is 18.2 Å². The van der Waals surface area contributed by atoms with Crippen LogP contribution < -0.4 is 0 Å². The highest BCUT2D eigenvalue weighted by Gasteiger charge is 2.09. The number of benzene rings is 1. The normalized spacial score (nSPS) is 10.8. The first-order valence-corrected chi connectivity index (χ1v) is 5.91. The molecular weight excluding hydrogens is 271 g/mol. The van der Waals surface area contributed by atoms with Gasteiger partial charge in [-0.25, -0.2) is 0 Å². The fourth-order valence-electron chi connectivity index (χ4n) is 1.74. The lowest BCUT2D eigenvalue weighted by atomic mass is 10.1. The number of rotatable bonds is 1. The third-order valence-corrected chi connectivity index (χ3v) is 2.81. The molecule has 0 N–H and O–H groups in total. The van der Waals surface area contributed by atoms with Crippen molar-refractivity contribution < 1.29 is 0 Å². The summed E-state index contributed by atoms with van der Waals surface area (Å²) in [5.74, 6) is 0.443. The minimum Gasteiger partial charge on any atom is -0.256 e. The summed E-state index contributed by atoms with van der Waals surface area (Å²) in [5.41, 5.74) is 1.69. The molecule has 4 nitrogen and oxygen atoms in total. The number of hydrogen-bond acceptors (Lipinski definition) is 4. The molecule has 18 heavy (non-hydrogen) atoms. The van der Waals surface area contributed by atoms with E-state index in [1.54, 1.807) is 6.20 Å². The fourth-order valence-corrected chi connectivity index (χ4v) is 2.11. The summed E-state index contributed by atoms with van der Waals surface area (Å²) < 4.78 is 0. The van der Waals surface area contributed by atoms with Gasteiger partial charge in [0.25, 0.3) is 0 Å². The first-order chi connectivity index (χ1) is 8.74. The van der Waals surface area contributed by atoms with Gasteiger partial charge in [-0.3, -0.25) is 4.98 Å². The van der Waals surface area contributed by atoms with Crippen LogP contribution in [-0.4, -0.2) is 19.9 Å². The molecular formula is C12H6Cl2N4. The van der Waals surface area contributed by atoms with Crippen molar-refractivity contribution in [2.75, 3.05) is 0 Å². The summed E-state index contributed by atoms with van der Waals surface area (Å²) in [6.07, 6.45) is 1.74. The van der Waals surface area contributed by atoms with Gasteiger partial charge in [-0.05, 0) is 35.3 Å². The number of hydrogen-bond donors (Lipinski definition) is 0. The summed E-state index contributed by atoms with van der Waals surface area (Å²) in [5, 5.41) is 1.09. The maximum absolute atomic E-state index is 5.79. The lowest BCUT2D eigenvalue weighted by molar-refractivity contribution is 1.06. The quantitative estimate of drug-likeness (QED) is 0.684. The van der Waals surface area contributed by atoms with E-state index in [0.29, 0.717) is 5.82 Å². The number of nitrogens with zero attached hydrogens (tertiary/aromatic N) is 4. The molecule has 0 fully saturated rings. The van der Waals surface area contributed by atoms with E-state index in [-0.39, 0.29) is 10.6 Å². The van der Waals surface area contributed by atoms with Crippen LogP contribution in [0, 0.1) is 0 Å². The van der Waals surface area contributed by atoms with E-state index in [9.17, 15) is 0 Å². The Morgan fingerprint density at radius 2 is 1.61 bits per heavy atom. The Bertz CT molecular complexity index is 705. The second-order valence-electron chi connectivity index (χ2n) is 3.57. The summed E-state index contributed by atoms with van der Waals surface area (Å²) in [6, 6.07) is 9.50. The van der Waals surface area contributed by atoms with Crippen LogP contribution in [0.2, 0.25) is 10.6 Å². The van der Waals surface area contributed by atoms with Crippen LogP contribution in [0.3, 0.4) is 0 Å². The number of pyridine rings is 1. The number of halogens is 2. The predicted molar refractivity (Wildman–Crippen MR) is 70.6 cm³/mol. The molecule has 0 unspecified atom stereocenters. The smallest absolute Gasteiger partial charge is 0.227 e. The van der Waals surface area contributed by atoms with Crippen molar-refractivity contribution in [2.24, 2.45) is 0 Å². The fraction of sp³-hybridized carbons (Fsp3) is 0. The lowest BCUT2D eigenvalue weighted by Crippen LogP contribution is -1.94.